The van der Waals surface area contributed by atoms with Crippen molar-refractivity contribution >= 4 is 23.2 Å². The predicted octanol–water partition coefficient (Wildman–Crippen LogP) is 4.33. The molecule has 2 aromatic carbocycles. The largest absolute Gasteiger partial charge is 0.506 e. The van der Waals surface area contributed by atoms with Crippen molar-refractivity contribution in [3.05, 3.63) is 53.6 Å². The van der Waals surface area contributed by atoms with Crippen LogP contribution in [-0.4, -0.2) is 16.9 Å². The molecule has 2 rings (SSSR count). The Morgan fingerprint density at radius 2 is 1.76 bits per heavy atom. The van der Waals surface area contributed by atoms with Crippen LogP contribution in [0, 0.1) is 12.8 Å². The molecule has 0 saturated heterocycles. The van der Waals surface area contributed by atoms with Gasteiger partial charge < -0.3 is 15.7 Å². The molecule has 3 N–H and O–H groups in total. The molecular formula is C20H24N2O3. The highest BCUT2D eigenvalue weighted by Gasteiger charge is 2.15. The van der Waals surface area contributed by atoms with Gasteiger partial charge in [0.25, 0.3) is 5.91 Å². The van der Waals surface area contributed by atoms with E-state index < -0.39 is 0 Å². The molecule has 0 saturated carbocycles. The molecule has 0 bridgehead atoms. The standard InChI is InChI=1S/C20H24N2O3/c1-4-14(5-2)19(24)21-16-9-10-17(18(23)12-16)22-20(25)15-8-6-7-13(3)11-15/h6-12,14,23H,4-5H2,1-3H3,(H,21,24)(H,22,25). The minimum Gasteiger partial charge on any atom is -0.506 e. The normalized spacial score (nSPS) is 10.6. The Bertz CT molecular complexity index is 767. The van der Waals surface area contributed by atoms with E-state index in [1.54, 1.807) is 30.3 Å². The van der Waals surface area contributed by atoms with Crippen molar-refractivity contribution < 1.29 is 14.7 Å². The van der Waals surface area contributed by atoms with Crippen LogP contribution in [0.25, 0.3) is 0 Å². The molecule has 0 radical (unpaired) electrons. The SMILES string of the molecule is CCC(CC)C(=O)Nc1ccc(NC(=O)c2cccc(C)c2)c(O)c1. The summed E-state index contributed by atoms with van der Waals surface area (Å²) in [4.78, 5) is 24.4. The zero-order chi connectivity index (χ0) is 18.4. The zero-order valence-corrected chi connectivity index (χ0v) is 14.8. The molecule has 0 aliphatic rings. The van der Waals surface area contributed by atoms with Gasteiger partial charge in [0.15, 0.2) is 0 Å². The van der Waals surface area contributed by atoms with Gasteiger partial charge in [-0.1, -0.05) is 31.5 Å². The van der Waals surface area contributed by atoms with Gasteiger partial charge >= 0.3 is 0 Å². The van der Waals surface area contributed by atoms with Crippen molar-refractivity contribution in [2.24, 2.45) is 5.92 Å². The Labute approximate surface area is 148 Å². The number of amides is 2. The summed E-state index contributed by atoms with van der Waals surface area (Å²) in [5.74, 6) is -0.514. The third-order valence-corrected chi connectivity index (χ3v) is 4.15. The number of phenolic OH excluding ortho intramolecular Hbond substituents is 1. The lowest BCUT2D eigenvalue weighted by Crippen LogP contribution is -2.21. The van der Waals surface area contributed by atoms with Gasteiger partial charge in [-0.15, -0.1) is 0 Å². The molecule has 2 aromatic rings. The Kier molecular flexibility index (Phi) is 6.17. The third-order valence-electron chi connectivity index (χ3n) is 4.15. The number of rotatable bonds is 6. The minimum absolute atomic E-state index is 0.0529. The lowest BCUT2D eigenvalue weighted by molar-refractivity contribution is -0.120. The molecule has 0 spiro atoms. The molecule has 0 unspecified atom stereocenters. The average Bonchev–Trinajstić information content (AvgIpc) is 2.58. The van der Waals surface area contributed by atoms with Crippen molar-refractivity contribution in [1.82, 2.24) is 0 Å². The van der Waals surface area contributed by atoms with Gasteiger partial charge in [0.2, 0.25) is 5.91 Å². The van der Waals surface area contributed by atoms with Crippen LogP contribution in [0.4, 0.5) is 11.4 Å². The first kappa shape index (κ1) is 18.5. The fraction of sp³-hybridized carbons (Fsp3) is 0.300. The first-order valence-corrected chi connectivity index (χ1v) is 8.46. The van der Waals surface area contributed by atoms with E-state index in [2.05, 4.69) is 10.6 Å². The van der Waals surface area contributed by atoms with Crippen LogP contribution < -0.4 is 10.6 Å². The molecular weight excluding hydrogens is 316 g/mol. The highest BCUT2D eigenvalue weighted by Crippen LogP contribution is 2.28. The van der Waals surface area contributed by atoms with E-state index in [0.29, 0.717) is 16.9 Å². The maximum atomic E-state index is 12.3. The topological polar surface area (TPSA) is 78.4 Å². The summed E-state index contributed by atoms with van der Waals surface area (Å²) in [6.07, 6.45) is 1.53. The maximum Gasteiger partial charge on any atom is 0.255 e. The van der Waals surface area contributed by atoms with Crippen molar-refractivity contribution in [2.45, 2.75) is 33.6 Å². The zero-order valence-electron chi connectivity index (χ0n) is 14.8. The molecule has 5 nitrogen and oxygen atoms in total. The van der Waals surface area contributed by atoms with Crippen LogP contribution in [0.1, 0.15) is 42.6 Å². The first-order valence-electron chi connectivity index (χ1n) is 8.46. The number of benzene rings is 2. The van der Waals surface area contributed by atoms with Gasteiger partial charge in [0.05, 0.1) is 5.69 Å². The number of carbonyl (C=O) groups excluding carboxylic acids is 2. The number of aryl methyl sites for hydroxylation is 1. The van der Waals surface area contributed by atoms with Crippen molar-refractivity contribution in [2.75, 3.05) is 10.6 Å². The summed E-state index contributed by atoms with van der Waals surface area (Å²) in [5, 5.41) is 15.6. The maximum absolute atomic E-state index is 12.3. The summed E-state index contributed by atoms with van der Waals surface area (Å²) in [5.41, 5.74) is 2.30. The fourth-order valence-electron chi connectivity index (χ4n) is 2.60. The molecule has 0 aliphatic carbocycles. The first-order chi connectivity index (χ1) is 11.9. The van der Waals surface area contributed by atoms with Gasteiger partial charge in [-0.2, -0.15) is 0 Å². The van der Waals surface area contributed by atoms with Gasteiger partial charge in [0.1, 0.15) is 5.75 Å². The second kappa shape index (κ2) is 8.33. The number of nitrogens with one attached hydrogen (secondary N) is 2. The van der Waals surface area contributed by atoms with Crippen LogP contribution in [0.3, 0.4) is 0 Å². The van der Waals surface area contributed by atoms with Crippen molar-refractivity contribution in [3.8, 4) is 5.75 Å². The number of hydrogen-bond acceptors (Lipinski definition) is 3. The van der Waals surface area contributed by atoms with E-state index >= 15 is 0 Å². The predicted molar refractivity (Wildman–Crippen MR) is 99.9 cm³/mol. The summed E-state index contributed by atoms with van der Waals surface area (Å²) >= 11 is 0. The number of hydrogen-bond donors (Lipinski definition) is 3. The molecule has 25 heavy (non-hydrogen) atoms. The van der Waals surface area contributed by atoms with Crippen molar-refractivity contribution in [1.29, 1.82) is 0 Å². The highest BCUT2D eigenvalue weighted by atomic mass is 16.3. The average molecular weight is 340 g/mol. The second-order valence-electron chi connectivity index (χ2n) is 6.06. The molecule has 0 heterocycles. The van der Waals surface area contributed by atoms with E-state index in [1.807, 2.05) is 26.8 Å². The molecule has 0 fully saturated rings. The second-order valence-corrected chi connectivity index (χ2v) is 6.06. The quantitative estimate of drug-likeness (QED) is 0.685. The van der Waals surface area contributed by atoms with Crippen LogP contribution >= 0.6 is 0 Å². The van der Waals surface area contributed by atoms with E-state index in [4.69, 9.17) is 0 Å². The van der Waals surface area contributed by atoms with Gasteiger partial charge in [-0.05, 0) is 44.0 Å². The van der Waals surface area contributed by atoms with Crippen LogP contribution in [-0.2, 0) is 4.79 Å². The van der Waals surface area contributed by atoms with Crippen LogP contribution in [0.2, 0.25) is 0 Å². The highest BCUT2D eigenvalue weighted by molar-refractivity contribution is 6.05. The van der Waals surface area contributed by atoms with Crippen LogP contribution in [0.5, 0.6) is 5.75 Å². The molecule has 5 heteroatoms. The Morgan fingerprint density at radius 1 is 1.04 bits per heavy atom. The van der Waals surface area contributed by atoms with Gasteiger partial charge in [-0.3, -0.25) is 9.59 Å². The summed E-state index contributed by atoms with van der Waals surface area (Å²) < 4.78 is 0. The lowest BCUT2D eigenvalue weighted by atomic mass is 10.0. The Balaban J connectivity index is 2.09. The van der Waals surface area contributed by atoms with E-state index in [-0.39, 0.29) is 23.5 Å². The molecule has 0 aliphatic heterocycles. The van der Waals surface area contributed by atoms with Crippen LogP contribution in [0.15, 0.2) is 42.5 Å². The summed E-state index contributed by atoms with van der Waals surface area (Å²) in [6, 6.07) is 11.9. The van der Waals surface area contributed by atoms with E-state index in [0.717, 1.165) is 18.4 Å². The number of carbonyl (C=O) groups is 2. The molecule has 132 valence electrons. The monoisotopic (exact) mass is 340 g/mol. The summed E-state index contributed by atoms with van der Waals surface area (Å²) in [7, 11) is 0. The molecule has 0 atom stereocenters. The molecule has 0 aromatic heterocycles. The third kappa shape index (κ3) is 4.83. The van der Waals surface area contributed by atoms with Gasteiger partial charge in [-0.25, -0.2) is 0 Å². The smallest absolute Gasteiger partial charge is 0.255 e. The Morgan fingerprint density at radius 3 is 2.36 bits per heavy atom. The van der Waals surface area contributed by atoms with Crippen molar-refractivity contribution in [3.63, 3.8) is 0 Å². The van der Waals surface area contributed by atoms with E-state index in [1.165, 1.54) is 6.07 Å². The minimum atomic E-state index is -0.298. The summed E-state index contributed by atoms with van der Waals surface area (Å²) in [6.45, 7) is 5.84. The number of anilines is 2. The van der Waals surface area contributed by atoms with Gasteiger partial charge in [0, 0.05) is 23.2 Å². The molecule has 2 amide bonds. The number of phenols is 1. The van der Waals surface area contributed by atoms with E-state index in [9.17, 15) is 14.7 Å². The Hall–Kier alpha value is -2.82. The fourth-order valence-corrected chi connectivity index (χ4v) is 2.60. The number of aromatic hydroxyl groups is 1. The lowest BCUT2D eigenvalue weighted by Gasteiger charge is -2.14.